The highest BCUT2D eigenvalue weighted by molar-refractivity contribution is 7.89. The lowest BCUT2D eigenvalue weighted by atomic mass is 9.90. The Labute approximate surface area is 203 Å². The number of hydrogen-bond acceptors (Lipinski definition) is 5. The number of nitrogens with zero attached hydrogens (tertiary/aromatic N) is 1. The number of benzene rings is 2. The summed E-state index contributed by atoms with van der Waals surface area (Å²) in [5, 5.41) is 9.89. The molecule has 2 saturated heterocycles. The number of sulfonamides is 1. The second-order valence-corrected chi connectivity index (χ2v) is 11.5. The fourth-order valence-electron chi connectivity index (χ4n) is 5.43. The molecule has 10 heteroatoms. The van der Waals surface area contributed by atoms with Crippen LogP contribution in [0.4, 0.5) is 8.78 Å². The van der Waals surface area contributed by atoms with Crippen molar-refractivity contribution in [3.8, 4) is 11.1 Å². The van der Waals surface area contributed by atoms with Gasteiger partial charge < -0.3 is 14.7 Å². The Morgan fingerprint density at radius 3 is 2.43 bits per heavy atom. The zero-order chi connectivity index (χ0) is 24.8. The van der Waals surface area contributed by atoms with Gasteiger partial charge in [0.2, 0.25) is 16.0 Å². The number of rotatable bonds is 8. The van der Waals surface area contributed by atoms with E-state index in [4.69, 9.17) is 4.74 Å². The van der Waals surface area contributed by atoms with E-state index in [1.54, 1.807) is 30.3 Å². The van der Waals surface area contributed by atoms with Crippen molar-refractivity contribution >= 4 is 15.9 Å². The molecule has 1 amide bonds. The molecule has 1 aliphatic carbocycles. The summed E-state index contributed by atoms with van der Waals surface area (Å²) < 4.78 is 61.4. The summed E-state index contributed by atoms with van der Waals surface area (Å²) >= 11 is 0. The molecule has 2 N–H and O–H groups in total. The van der Waals surface area contributed by atoms with Gasteiger partial charge in [0, 0.05) is 30.0 Å². The van der Waals surface area contributed by atoms with Gasteiger partial charge in [-0.3, -0.25) is 4.79 Å². The average molecular weight is 507 g/mol. The lowest BCUT2D eigenvalue weighted by Crippen LogP contribution is -2.61. The molecular weight excluding hydrogens is 478 g/mol. The van der Waals surface area contributed by atoms with Gasteiger partial charge in [-0.25, -0.2) is 21.9 Å². The van der Waals surface area contributed by atoms with E-state index in [0.29, 0.717) is 42.6 Å². The van der Waals surface area contributed by atoms with E-state index in [2.05, 4.69) is 4.72 Å². The maximum absolute atomic E-state index is 15.7. The van der Waals surface area contributed by atoms with Crippen LogP contribution < -0.4 is 4.72 Å². The lowest BCUT2D eigenvalue weighted by Gasteiger charge is -2.43. The summed E-state index contributed by atoms with van der Waals surface area (Å²) in [6.07, 6.45) is 1.69. The van der Waals surface area contributed by atoms with Crippen molar-refractivity contribution in [1.29, 1.82) is 0 Å². The predicted octanol–water partition coefficient (Wildman–Crippen LogP) is 2.39. The highest BCUT2D eigenvalue weighted by Gasteiger charge is 2.63. The number of alkyl halides is 1. The first kappa shape index (κ1) is 24.3. The van der Waals surface area contributed by atoms with Crippen molar-refractivity contribution < 1.29 is 31.8 Å². The smallest absolute Gasteiger partial charge is 0.257 e. The van der Waals surface area contributed by atoms with E-state index >= 15 is 4.39 Å². The molecule has 0 radical (unpaired) electrons. The largest absolute Gasteiger partial charge is 0.393 e. The third-order valence-corrected chi connectivity index (χ3v) is 8.56. The molecule has 0 unspecified atom stereocenters. The van der Waals surface area contributed by atoms with Crippen molar-refractivity contribution in [3.05, 3.63) is 59.9 Å². The third-order valence-electron chi connectivity index (χ3n) is 7.66. The molecule has 35 heavy (non-hydrogen) atoms. The Balaban J connectivity index is 1.53. The van der Waals surface area contributed by atoms with Gasteiger partial charge in [0.25, 0.3) is 5.91 Å². The first-order valence-electron chi connectivity index (χ1n) is 11.7. The van der Waals surface area contributed by atoms with Gasteiger partial charge in [-0.15, -0.1) is 0 Å². The monoisotopic (exact) mass is 506 g/mol. The van der Waals surface area contributed by atoms with Crippen LogP contribution in [0.1, 0.15) is 24.8 Å². The molecule has 188 valence electrons. The van der Waals surface area contributed by atoms with Crippen LogP contribution in [0, 0.1) is 11.2 Å². The van der Waals surface area contributed by atoms with Crippen LogP contribution >= 0.6 is 0 Å². The first-order chi connectivity index (χ1) is 16.7. The lowest BCUT2D eigenvalue weighted by molar-refractivity contribution is -0.198. The van der Waals surface area contributed by atoms with Crippen LogP contribution in [-0.2, 0) is 26.0 Å². The van der Waals surface area contributed by atoms with Gasteiger partial charge >= 0.3 is 0 Å². The number of aliphatic hydroxyl groups is 1. The highest BCUT2D eigenvalue weighted by atomic mass is 32.2. The normalized spacial score (nSPS) is 27.1. The topological polar surface area (TPSA) is 95.9 Å². The highest BCUT2D eigenvalue weighted by Crippen LogP contribution is 2.56. The van der Waals surface area contributed by atoms with E-state index in [9.17, 15) is 22.7 Å². The Morgan fingerprint density at radius 2 is 1.86 bits per heavy atom. The number of hydrogen-bond donors (Lipinski definition) is 2. The van der Waals surface area contributed by atoms with Crippen molar-refractivity contribution in [2.75, 3.05) is 25.8 Å². The summed E-state index contributed by atoms with van der Waals surface area (Å²) in [6.45, 7) is 0.0729. The predicted molar refractivity (Wildman–Crippen MR) is 125 cm³/mol. The third kappa shape index (κ3) is 4.26. The Kier molecular flexibility index (Phi) is 6.19. The maximum Gasteiger partial charge on any atom is 0.257 e. The van der Waals surface area contributed by atoms with Crippen LogP contribution in [0.3, 0.4) is 0 Å². The average Bonchev–Trinajstić information content (AvgIpc) is 3.55. The van der Waals surface area contributed by atoms with Gasteiger partial charge in [-0.05, 0) is 30.4 Å². The zero-order valence-corrected chi connectivity index (χ0v) is 19.9. The fourth-order valence-corrected chi connectivity index (χ4v) is 6.28. The van der Waals surface area contributed by atoms with Gasteiger partial charge in [0.15, 0.2) is 5.60 Å². The SMILES string of the molecule is O=C(N1CC2(CC2)[C@H](NS(=O)(=O)CF)[C@@H]1Cc1cccc(-c2ccccc2)c1F)[C@]1(CO)CCO1. The molecule has 2 aromatic rings. The number of carbonyl (C=O) groups excluding carboxylic acids is 1. The number of halogens is 2. The summed E-state index contributed by atoms with van der Waals surface area (Å²) in [6, 6.07) is 10.9. The molecule has 3 fully saturated rings. The first-order valence-corrected chi connectivity index (χ1v) is 13.3. The van der Waals surface area contributed by atoms with Crippen molar-refractivity contribution in [2.24, 2.45) is 5.41 Å². The van der Waals surface area contributed by atoms with Crippen molar-refractivity contribution in [2.45, 2.75) is 43.4 Å². The summed E-state index contributed by atoms with van der Waals surface area (Å²) in [5.41, 5.74) is -0.496. The molecule has 2 aromatic carbocycles. The molecule has 0 aromatic heterocycles. The van der Waals surface area contributed by atoms with E-state index in [1.807, 2.05) is 18.2 Å². The molecular formula is C25H28F2N2O5S. The Bertz CT molecular complexity index is 1210. The number of carbonyl (C=O) groups is 1. The second-order valence-electron chi connectivity index (χ2n) is 9.78. The summed E-state index contributed by atoms with van der Waals surface area (Å²) in [5.74, 6) is -0.893. The Morgan fingerprint density at radius 1 is 1.14 bits per heavy atom. The molecule has 7 nitrogen and oxygen atoms in total. The summed E-state index contributed by atoms with van der Waals surface area (Å²) in [7, 11) is -4.23. The molecule has 2 heterocycles. The van der Waals surface area contributed by atoms with Crippen molar-refractivity contribution in [1.82, 2.24) is 9.62 Å². The fraction of sp³-hybridized carbons (Fsp3) is 0.480. The van der Waals surface area contributed by atoms with Crippen LogP contribution in [0.2, 0.25) is 0 Å². The standard InChI is InChI=1S/C25H28F2N2O5S/c26-16-35(32,33)28-22-20(13-18-7-4-8-19(21(18)27)17-5-2-1-3-6-17)29(14-24(22)9-10-24)23(31)25(15-30)11-12-34-25/h1-8,20,22,28,30H,9-16H2/t20-,22+,25+/m0/s1. The van der Waals surface area contributed by atoms with Gasteiger partial charge in [-0.1, -0.05) is 48.5 Å². The van der Waals surface area contributed by atoms with Crippen molar-refractivity contribution in [3.63, 3.8) is 0 Å². The zero-order valence-electron chi connectivity index (χ0n) is 19.1. The van der Waals surface area contributed by atoms with E-state index in [1.165, 1.54) is 4.90 Å². The van der Waals surface area contributed by atoms with Crippen LogP contribution in [0.25, 0.3) is 11.1 Å². The van der Waals surface area contributed by atoms with Crippen LogP contribution in [0.5, 0.6) is 0 Å². The minimum atomic E-state index is -4.23. The molecule has 3 aliphatic rings. The molecule has 1 saturated carbocycles. The minimum Gasteiger partial charge on any atom is -0.393 e. The van der Waals surface area contributed by atoms with Crippen LogP contribution in [0.15, 0.2) is 48.5 Å². The molecule has 0 bridgehead atoms. The van der Waals surface area contributed by atoms with E-state index in [0.717, 1.165) is 0 Å². The molecule has 2 aliphatic heterocycles. The quantitative estimate of drug-likeness (QED) is 0.573. The van der Waals surface area contributed by atoms with Gasteiger partial charge in [0.1, 0.15) is 5.82 Å². The van der Waals surface area contributed by atoms with Gasteiger partial charge in [-0.2, -0.15) is 0 Å². The number of aliphatic hydroxyl groups excluding tert-OH is 1. The molecule has 1 spiro atoms. The molecule has 5 rings (SSSR count). The van der Waals surface area contributed by atoms with E-state index in [-0.39, 0.29) is 13.0 Å². The molecule has 3 atom stereocenters. The number of ether oxygens (including phenoxy) is 1. The van der Waals surface area contributed by atoms with E-state index < -0.39 is 57.5 Å². The summed E-state index contributed by atoms with van der Waals surface area (Å²) in [4.78, 5) is 15.1. The number of likely N-dealkylation sites (tertiary alicyclic amines) is 1. The van der Waals surface area contributed by atoms with Crippen LogP contribution in [-0.4, -0.2) is 67.8 Å². The Hall–Kier alpha value is -2.40. The number of amides is 1. The minimum absolute atomic E-state index is 0.0287. The second kappa shape index (κ2) is 8.92. The van der Waals surface area contributed by atoms with Gasteiger partial charge in [0.05, 0.1) is 19.3 Å². The number of nitrogens with one attached hydrogen (secondary N) is 1. The maximum atomic E-state index is 15.7.